The van der Waals surface area contributed by atoms with Crippen LogP contribution < -0.4 is 15.0 Å². The molecule has 0 aliphatic rings. The van der Waals surface area contributed by atoms with Gasteiger partial charge in [-0.15, -0.1) is 0 Å². The van der Waals surface area contributed by atoms with Gasteiger partial charge in [0.2, 0.25) is 0 Å². The number of hydrogen-bond acceptors (Lipinski definition) is 7. The zero-order valence-corrected chi connectivity index (χ0v) is 17.3. The lowest BCUT2D eigenvalue weighted by Gasteiger charge is -2.23. The predicted molar refractivity (Wildman–Crippen MR) is 106 cm³/mol. The van der Waals surface area contributed by atoms with Gasteiger partial charge in [0.1, 0.15) is 18.0 Å². The number of nitrogens with one attached hydrogen (secondary N) is 1. The summed E-state index contributed by atoms with van der Waals surface area (Å²) in [7, 11) is 5.36. The molecule has 0 spiro atoms. The van der Waals surface area contributed by atoms with E-state index in [9.17, 15) is 23.7 Å². The fourth-order valence-electron chi connectivity index (χ4n) is 2.24. The van der Waals surface area contributed by atoms with Gasteiger partial charge in [-0.3, -0.25) is 15.4 Å². The van der Waals surface area contributed by atoms with E-state index in [1.807, 2.05) is 32.8 Å². The molecule has 9 nitrogen and oxygen atoms in total. The van der Waals surface area contributed by atoms with Gasteiger partial charge in [0.25, 0.3) is 12.1 Å². The number of hydrogen-bond donors (Lipinski definition) is 1. The third kappa shape index (κ3) is 8.46. The van der Waals surface area contributed by atoms with Gasteiger partial charge >= 0.3 is 6.09 Å². The predicted octanol–water partition coefficient (Wildman–Crippen LogP) is 3.44. The van der Waals surface area contributed by atoms with Crippen molar-refractivity contribution >= 4 is 23.2 Å². The van der Waals surface area contributed by atoms with Crippen molar-refractivity contribution < 1.29 is 28.0 Å². The van der Waals surface area contributed by atoms with Gasteiger partial charge in [0.05, 0.1) is 17.2 Å². The maximum Gasteiger partial charge on any atom is 0.411 e. The smallest absolute Gasteiger partial charge is 0.411 e. The van der Waals surface area contributed by atoms with Gasteiger partial charge in [-0.1, -0.05) is 13.8 Å². The van der Waals surface area contributed by atoms with Crippen LogP contribution in [0.5, 0.6) is 5.75 Å². The molecule has 1 N–H and O–H groups in total. The molecule has 0 radical (unpaired) electrons. The highest BCUT2D eigenvalue weighted by atomic mass is 19.3. The molecule has 0 atom stereocenters. The summed E-state index contributed by atoms with van der Waals surface area (Å²) in [5.74, 6) is -0.0264. The van der Waals surface area contributed by atoms with Gasteiger partial charge in [-0.2, -0.15) is 0 Å². The second-order valence-corrected chi connectivity index (χ2v) is 7.14. The van der Waals surface area contributed by atoms with Gasteiger partial charge in [-0.05, 0) is 20.0 Å². The van der Waals surface area contributed by atoms with Crippen molar-refractivity contribution in [3.05, 3.63) is 22.2 Å². The van der Waals surface area contributed by atoms with Crippen LogP contribution >= 0.6 is 0 Å². The second-order valence-electron chi connectivity index (χ2n) is 7.14. The molecule has 0 saturated carbocycles. The van der Waals surface area contributed by atoms with E-state index in [4.69, 9.17) is 9.47 Å². The number of anilines is 2. The molecule has 0 saturated heterocycles. The van der Waals surface area contributed by atoms with Crippen LogP contribution in [0.4, 0.5) is 30.6 Å². The Hall–Kier alpha value is -2.69. The van der Waals surface area contributed by atoms with Crippen LogP contribution in [0.3, 0.4) is 0 Å². The molecule has 164 valence electrons. The zero-order valence-electron chi connectivity index (χ0n) is 17.3. The molecule has 1 amide bonds. The largest absolute Gasteiger partial charge is 0.485 e. The quantitative estimate of drug-likeness (QED) is 0.434. The van der Waals surface area contributed by atoms with Crippen LogP contribution in [0.1, 0.15) is 13.8 Å². The molecule has 0 fully saturated rings. The summed E-state index contributed by atoms with van der Waals surface area (Å²) in [6, 6.07) is 2.35. The number of carbonyl (C=O) groups excluding carboxylic acids is 1. The van der Waals surface area contributed by atoms with Crippen molar-refractivity contribution in [3.8, 4) is 5.75 Å². The number of nitro benzene ring substituents is 1. The van der Waals surface area contributed by atoms with E-state index >= 15 is 0 Å². The topological polar surface area (TPSA) is 97.2 Å². The van der Waals surface area contributed by atoms with E-state index in [0.717, 1.165) is 6.07 Å². The maximum absolute atomic E-state index is 12.6. The molecule has 11 heteroatoms. The Morgan fingerprint density at radius 1 is 1.21 bits per heavy atom. The number of carbonyl (C=O) groups is 1. The summed E-state index contributed by atoms with van der Waals surface area (Å²) >= 11 is 0. The monoisotopic (exact) mass is 418 g/mol. The highest BCUT2D eigenvalue weighted by Gasteiger charge is 2.24. The first kappa shape index (κ1) is 24.3. The van der Waals surface area contributed by atoms with E-state index in [0.29, 0.717) is 13.1 Å². The lowest BCUT2D eigenvalue weighted by Crippen LogP contribution is -2.29. The number of ether oxygens (including phenoxy) is 2. The van der Waals surface area contributed by atoms with Crippen LogP contribution in [0, 0.1) is 16.0 Å². The van der Waals surface area contributed by atoms with Crippen molar-refractivity contribution in [2.24, 2.45) is 5.92 Å². The van der Waals surface area contributed by atoms with Gasteiger partial charge in [0.15, 0.2) is 0 Å². The summed E-state index contributed by atoms with van der Waals surface area (Å²) < 4.78 is 35.4. The number of nitro groups is 1. The number of amides is 1. The lowest BCUT2D eigenvalue weighted by molar-refractivity contribution is -0.384. The minimum Gasteiger partial charge on any atom is -0.485 e. The Kier molecular flexibility index (Phi) is 9.53. The third-order valence-corrected chi connectivity index (χ3v) is 3.72. The highest BCUT2D eigenvalue weighted by Crippen LogP contribution is 2.38. The standard InChI is InChI=1S/C18H28F2N4O5/c1-12(2)10-29-18(25)21-13-8-15(24(26)27)14(23(5)7-6-22(3)4)9-16(13)28-11-17(19)20/h8-9,12,17H,6-7,10-11H2,1-5H3,(H,21,25). The first-order valence-corrected chi connectivity index (χ1v) is 9.04. The lowest BCUT2D eigenvalue weighted by atomic mass is 10.2. The van der Waals surface area contributed by atoms with Crippen molar-refractivity contribution in [1.82, 2.24) is 4.90 Å². The van der Waals surface area contributed by atoms with Crippen LogP contribution in [0.15, 0.2) is 12.1 Å². The summed E-state index contributed by atoms with van der Waals surface area (Å²) in [5.41, 5.74) is -0.229. The summed E-state index contributed by atoms with van der Waals surface area (Å²) in [6.07, 6.45) is -3.61. The Balaban J connectivity index is 3.25. The number of rotatable bonds is 11. The third-order valence-electron chi connectivity index (χ3n) is 3.72. The summed E-state index contributed by atoms with van der Waals surface area (Å²) in [5, 5.41) is 13.9. The maximum atomic E-state index is 12.6. The molecule has 1 aromatic rings. The van der Waals surface area contributed by atoms with Crippen molar-refractivity contribution in [3.63, 3.8) is 0 Å². The van der Waals surface area contributed by atoms with E-state index in [2.05, 4.69) is 5.32 Å². The number of likely N-dealkylation sites (N-methyl/N-ethyl adjacent to an activating group) is 2. The molecule has 0 bridgehead atoms. The SMILES string of the molecule is CC(C)COC(=O)Nc1cc([N+](=O)[O-])c(N(C)CCN(C)C)cc1OCC(F)F. The zero-order chi connectivity index (χ0) is 22.1. The Morgan fingerprint density at radius 2 is 1.86 bits per heavy atom. The number of alkyl halides is 2. The van der Waals surface area contributed by atoms with Crippen LogP contribution in [-0.4, -0.2) is 69.8 Å². The molecule has 0 heterocycles. The molecular formula is C18H28F2N4O5. The molecule has 29 heavy (non-hydrogen) atoms. The number of halogens is 2. The van der Waals surface area contributed by atoms with E-state index in [1.165, 1.54) is 6.07 Å². The van der Waals surface area contributed by atoms with Crippen molar-refractivity contribution in [2.75, 3.05) is 57.7 Å². The van der Waals surface area contributed by atoms with E-state index in [-0.39, 0.29) is 35.3 Å². The minimum absolute atomic E-state index is 0.0809. The van der Waals surface area contributed by atoms with E-state index < -0.39 is 24.0 Å². The second kappa shape index (κ2) is 11.3. The average molecular weight is 418 g/mol. The highest BCUT2D eigenvalue weighted by molar-refractivity contribution is 5.89. The van der Waals surface area contributed by atoms with Crippen LogP contribution in [-0.2, 0) is 4.74 Å². The van der Waals surface area contributed by atoms with E-state index in [1.54, 1.807) is 11.9 Å². The van der Waals surface area contributed by atoms with Gasteiger partial charge in [-0.25, -0.2) is 13.6 Å². The molecule has 1 rings (SSSR count). The fourth-order valence-corrected chi connectivity index (χ4v) is 2.24. The first-order chi connectivity index (χ1) is 13.5. The molecule has 1 aromatic carbocycles. The van der Waals surface area contributed by atoms with Crippen LogP contribution in [0.2, 0.25) is 0 Å². The Bertz CT molecular complexity index is 701. The van der Waals surface area contributed by atoms with Gasteiger partial charge < -0.3 is 19.3 Å². The van der Waals surface area contributed by atoms with Crippen molar-refractivity contribution in [2.45, 2.75) is 20.3 Å². The summed E-state index contributed by atoms with van der Waals surface area (Å²) in [4.78, 5) is 26.4. The number of benzene rings is 1. The molecule has 0 unspecified atom stereocenters. The molecular weight excluding hydrogens is 390 g/mol. The van der Waals surface area contributed by atoms with Gasteiger partial charge in [0, 0.05) is 32.3 Å². The minimum atomic E-state index is -2.75. The number of nitrogens with zero attached hydrogens (tertiary/aromatic N) is 3. The molecule has 0 aliphatic heterocycles. The summed E-state index contributed by atoms with van der Waals surface area (Å²) in [6.45, 7) is 3.95. The normalized spacial score (nSPS) is 11.1. The van der Waals surface area contributed by atoms with Crippen molar-refractivity contribution in [1.29, 1.82) is 0 Å². The Morgan fingerprint density at radius 3 is 2.38 bits per heavy atom. The molecule has 0 aliphatic carbocycles. The fraction of sp³-hybridized carbons (Fsp3) is 0.611. The molecule has 0 aromatic heterocycles. The average Bonchev–Trinajstić information content (AvgIpc) is 2.62. The first-order valence-electron chi connectivity index (χ1n) is 9.04. The Labute approximate surface area is 168 Å². The van der Waals surface area contributed by atoms with Crippen LogP contribution in [0.25, 0.3) is 0 Å².